The summed E-state index contributed by atoms with van der Waals surface area (Å²) in [6.45, 7) is 0. The van der Waals surface area contributed by atoms with Gasteiger partial charge in [-0.1, -0.05) is 23.4 Å². The molecule has 6 nitrogen and oxygen atoms in total. The smallest absolute Gasteiger partial charge is 0.313 e. The van der Waals surface area contributed by atoms with Crippen LogP contribution < -0.4 is 5.73 Å². The minimum Gasteiger partial charge on any atom is -0.481 e. The number of rotatable bonds is 4. The molecule has 0 aliphatic heterocycles. The summed E-state index contributed by atoms with van der Waals surface area (Å²) in [5.41, 5.74) is 2.92. The maximum absolute atomic E-state index is 11.3. The molecular weight excluding hydrogens is 290 g/mol. The van der Waals surface area contributed by atoms with Crippen molar-refractivity contribution in [2.75, 3.05) is 5.75 Å². The second-order valence-electron chi connectivity index (χ2n) is 3.53. The Bertz CT molecular complexity index is 698. The van der Waals surface area contributed by atoms with Gasteiger partial charge in [-0.2, -0.15) is 0 Å². The molecule has 98 valence electrons. The Morgan fingerprint density at radius 3 is 2.89 bits per heavy atom. The predicted octanol–water partition coefficient (Wildman–Crippen LogP) is 1.56. The van der Waals surface area contributed by atoms with E-state index in [9.17, 15) is 9.59 Å². The summed E-state index contributed by atoms with van der Waals surface area (Å²) in [6.07, 6.45) is 0. The summed E-state index contributed by atoms with van der Waals surface area (Å²) in [6, 6.07) is 4.53. The molecule has 0 aliphatic rings. The van der Waals surface area contributed by atoms with Gasteiger partial charge in [0, 0.05) is 5.56 Å². The van der Waals surface area contributed by atoms with Crippen LogP contribution in [0.2, 0.25) is 6.56 Å². The van der Waals surface area contributed by atoms with E-state index in [1.807, 2.05) is 0 Å². The molecule has 0 aliphatic carbocycles. The maximum Gasteiger partial charge on any atom is 0.313 e. The Balaban J connectivity index is 2.40. The number of primary amides is 1. The van der Waals surface area contributed by atoms with Crippen molar-refractivity contribution in [1.82, 2.24) is 9.97 Å². The number of thioether (sulfide) groups is 1. The lowest BCUT2D eigenvalue weighted by molar-refractivity contribution is -0.133. The molecule has 0 fully saturated rings. The highest BCUT2D eigenvalue weighted by molar-refractivity contribution is 8.00. The van der Waals surface area contributed by atoms with Crippen LogP contribution >= 0.6 is 23.4 Å². The fourth-order valence-corrected chi connectivity index (χ4v) is 2.26. The van der Waals surface area contributed by atoms with Gasteiger partial charge in [-0.05, 0) is 18.2 Å². The van der Waals surface area contributed by atoms with E-state index in [1.54, 1.807) is 11.8 Å². The van der Waals surface area contributed by atoms with Gasteiger partial charge in [-0.15, -0.1) is 0 Å². The quantitative estimate of drug-likeness (QED) is 0.830. The molecule has 19 heavy (non-hydrogen) atoms. The molecule has 0 unspecified atom stereocenters. The molecule has 2 rings (SSSR count). The highest BCUT2D eigenvalue weighted by atomic mass is 35.5. The lowest BCUT2D eigenvalue weighted by atomic mass is 10.2. The lowest BCUT2D eigenvalue weighted by Crippen LogP contribution is -2.10. The van der Waals surface area contributed by atoms with E-state index in [2.05, 4.69) is 9.97 Å². The summed E-state index contributed by atoms with van der Waals surface area (Å²) in [7, 11) is 0. The molecule has 0 bridgehead atoms. The van der Waals surface area contributed by atoms with Gasteiger partial charge in [0.05, 0.1) is 16.8 Å². The van der Waals surface area contributed by atoms with E-state index in [1.165, 1.54) is 12.1 Å². The minimum atomic E-state index is -0.976. The Morgan fingerprint density at radius 2 is 2.21 bits per heavy atom. The van der Waals surface area contributed by atoms with Crippen LogP contribution in [-0.4, -0.2) is 32.7 Å². The van der Waals surface area contributed by atoms with Crippen molar-refractivity contribution in [1.29, 1.82) is 0 Å². The Kier molecular flexibility index (Phi) is 3.47. The van der Waals surface area contributed by atoms with E-state index >= 15 is 0 Å². The van der Waals surface area contributed by atoms with Gasteiger partial charge in [-0.3, -0.25) is 9.59 Å². The van der Waals surface area contributed by atoms with Gasteiger partial charge in [0.1, 0.15) is 5.03 Å². The molecule has 0 saturated carbocycles. The van der Waals surface area contributed by atoms with Crippen LogP contribution in [-0.2, 0) is 4.79 Å². The van der Waals surface area contributed by atoms with E-state index in [0.29, 0.717) is 16.1 Å². The summed E-state index contributed by atoms with van der Waals surface area (Å²) < 4.78 is 6.80. The van der Waals surface area contributed by atoms with E-state index in [-0.39, 0.29) is 16.5 Å². The summed E-state index contributed by atoms with van der Waals surface area (Å²) in [5, 5.41) is 9.02. The van der Waals surface area contributed by atoms with Crippen molar-refractivity contribution in [3.8, 4) is 0 Å². The number of hydrogen-bond acceptors (Lipinski definition) is 5. The normalized spacial score (nSPS) is 11.1. The Morgan fingerprint density at radius 1 is 1.42 bits per heavy atom. The van der Waals surface area contributed by atoms with Gasteiger partial charge < -0.3 is 10.8 Å². The predicted molar refractivity (Wildman–Crippen MR) is 71.4 cm³/mol. The SMILES string of the molecule is [2H]NC(=O)c1ccc2nc(SCC(=O)O)c(Cl)nc2c1. The minimum absolute atomic E-state index is 0.0761. The van der Waals surface area contributed by atoms with Crippen LogP contribution in [0.5, 0.6) is 0 Å². The standard InChI is InChI=1S/C11H8ClN3O3S/c12-9-11(19-4-8(16)17)15-6-2-1-5(10(13)18)3-7(6)14-9/h1-3H,4H2,(H2,13,18)(H,16,17)/i/hD. The fourth-order valence-electron chi connectivity index (χ4n) is 1.38. The molecule has 0 radical (unpaired) electrons. The molecule has 0 saturated heterocycles. The molecule has 0 atom stereocenters. The molecule has 2 aromatic rings. The molecule has 1 aromatic carbocycles. The molecule has 1 amide bonds. The number of amides is 1. The second-order valence-corrected chi connectivity index (χ2v) is 4.86. The summed E-state index contributed by atoms with van der Waals surface area (Å²) >= 11 is 6.90. The Hall–Kier alpha value is -1.86. The van der Waals surface area contributed by atoms with Gasteiger partial charge in [0.15, 0.2) is 6.56 Å². The van der Waals surface area contributed by atoms with Crippen molar-refractivity contribution in [2.45, 2.75) is 5.03 Å². The number of carboxylic acid groups (broad SMARTS) is 1. The maximum atomic E-state index is 11.3. The zero-order chi connectivity index (χ0) is 14.7. The zero-order valence-electron chi connectivity index (χ0n) is 10.4. The van der Waals surface area contributed by atoms with E-state index < -0.39 is 11.9 Å². The Labute approximate surface area is 118 Å². The third-order valence-electron chi connectivity index (χ3n) is 2.19. The third-order valence-corrected chi connectivity index (χ3v) is 3.51. The number of hydrogen-bond donors (Lipinski definition) is 2. The fraction of sp³-hybridized carbons (Fsp3) is 0.0909. The number of aromatic nitrogens is 2. The first-order valence-corrected chi connectivity index (χ1v) is 6.41. The molecular formula is C11H8ClN3O3S. The summed E-state index contributed by atoms with van der Waals surface area (Å²) in [5.74, 6) is -1.70. The van der Waals surface area contributed by atoms with Crippen LogP contribution in [0, 0.1) is 0 Å². The average molecular weight is 299 g/mol. The van der Waals surface area contributed by atoms with E-state index in [0.717, 1.165) is 11.8 Å². The topological polar surface area (TPSA) is 106 Å². The van der Waals surface area contributed by atoms with Gasteiger partial charge >= 0.3 is 5.97 Å². The lowest BCUT2D eigenvalue weighted by Gasteiger charge is -2.04. The van der Waals surface area contributed by atoms with Crippen molar-refractivity contribution in [3.63, 3.8) is 0 Å². The molecule has 3 N–H and O–H groups in total. The third kappa shape index (κ3) is 3.12. The van der Waals surface area contributed by atoms with Crippen LogP contribution in [0.3, 0.4) is 0 Å². The first kappa shape index (κ1) is 12.2. The number of halogens is 1. The van der Waals surface area contributed by atoms with E-state index in [4.69, 9.17) is 18.1 Å². The first-order chi connectivity index (χ1) is 9.51. The number of aliphatic carboxylic acids is 1. The van der Waals surface area contributed by atoms with Crippen LogP contribution in [0.1, 0.15) is 10.4 Å². The number of carbonyl (C=O) groups is 2. The molecule has 8 heteroatoms. The zero-order valence-corrected chi connectivity index (χ0v) is 11.0. The number of benzene rings is 1. The van der Waals surface area contributed by atoms with Crippen molar-refractivity contribution in [3.05, 3.63) is 28.9 Å². The largest absolute Gasteiger partial charge is 0.481 e. The van der Waals surface area contributed by atoms with Gasteiger partial charge in [0.2, 0.25) is 5.91 Å². The number of fused-ring (bicyclic) bond motifs is 1. The van der Waals surface area contributed by atoms with Crippen LogP contribution in [0.15, 0.2) is 23.2 Å². The highest BCUT2D eigenvalue weighted by Crippen LogP contribution is 2.26. The van der Waals surface area contributed by atoms with Crippen LogP contribution in [0.4, 0.5) is 0 Å². The van der Waals surface area contributed by atoms with Gasteiger partial charge in [0.25, 0.3) is 0 Å². The van der Waals surface area contributed by atoms with Crippen molar-refractivity contribution >= 4 is 46.3 Å². The number of nitrogens with zero attached hydrogens (tertiary/aromatic N) is 2. The number of carbonyl (C=O) groups excluding carboxylic acids is 1. The second kappa shape index (κ2) is 5.41. The molecule has 1 heterocycles. The first-order valence-electron chi connectivity index (χ1n) is 5.55. The number of carboxylic acids is 1. The van der Waals surface area contributed by atoms with Gasteiger partial charge in [-0.25, -0.2) is 9.97 Å². The molecule has 0 spiro atoms. The average Bonchev–Trinajstić information content (AvgIpc) is 2.43. The number of nitrogens with two attached hydrogens (primary N) is 1. The van der Waals surface area contributed by atoms with Crippen molar-refractivity contribution in [2.24, 2.45) is 5.73 Å². The van der Waals surface area contributed by atoms with Crippen molar-refractivity contribution < 1.29 is 16.1 Å². The van der Waals surface area contributed by atoms with Crippen LogP contribution in [0.25, 0.3) is 11.0 Å². The monoisotopic (exact) mass is 298 g/mol. The summed E-state index contributed by atoms with van der Waals surface area (Å²) in [4.78, 5) is 30.1. The molecule has 1 aromatic heterocycles. The highest BCUT2D eigenvalue weighted by Gasteiger charge is 2.11.